The smallest absolute Gasteiger partial charge is 0.361 e. The van der Waals surface area contributed by atoms with E-state index in [4.69, 9.17) is 15.2 Å². The standard InChI is InChI=1S/C51H58FN11O7/c1-69-43-12-7-36(27-42(43)62-26-19-44(64)58-51(62)68)49(66)61-24-15-34(16-25-61)31-59-20-13-33(14-21-59)30-60-22-17-40(18-23-60)63-32-37(28-55-63)41-29-54-47(53)45(57-41)50(67)70-46(35-5-3-2-4-6-35)48(65)56-39-10-8-38(52)9-11-39/h2-12,27-29,32-34,40,46H,13-26,30-31H2,1H3,(H2,53,54)(H,56,65)(H,58,64,68)/t46-/m1/s1. The Morgan fingerprint density at radius 2 is 1.51 bits per heavy atom. The molecule has 4 saturated heterocycles. The number of carbonyl (C=O) groups excluding carboxylic acids is 5. The summed E-state index contributed by atoms with van der Waals surface area (Å²) in [5, 5.41) is 9.69. The number of carbonyl (C=O) groups is 5. The fraction of sp³-hybridized carbons (Fsp3) is 0.412. The summed E-state index contributed by atoms with van der Waals surface area (Å²) in [6.45, 7) is 7.81. The zero-order valence-electron chi connectivity index (χ0n) is 39.2. The maximum Gasteiger partial charge on any atom is 0.361 e. The van der Waals surface area contributed by atoms with E-state index in [0.29, 0.717) is 64.4 Å². The van der Waals surface area contributed by atoms with E-state index in [-0.39, 0.29) is 42.3 Å². The lowest BCUT2D eigenvalue weighted by atomic mass is 9.91. The van der Waals surface area contributed by atoms with Crippen LogP contribution in [0.5, 0.6) is 5.75 Å². The van der Waals surface area contributed by atoms with Crippen molar-refractivity contribution in [1.29, 1.82) is 0 Å². The van der Waals surface area contributed by atoms with Gasteiger partial charge in [0.1, 0.15) is 11.6 Å². The molecule has 5 amide bonds. The largest absolute Gasteiger partial charge is 0.495 e. The minimum Gasteiger partial charge on any atom is -0.495 e. The van der Waals surface area contributed by atoms with E-state index in [1.165, 1.54) is 42.5 Å². The van der Waals surface area contributed by atoms with Crippen molar-refractivity contribution in [2.24, 2.45) is 11.8 Å². The predicted octanol–water partition coefficient (Wildman–Crippen LogP) is 5.95. The molecule has 4 fully saturated rings. The molecule has 6 heterocycles. The average Bonchev–Trinajstić information content (AvgIpc) is 3.88. The third kappa shape index (κ3) is 11.3. The molecule has 4 N–H and O–H groups in total. The zero-order valence-corrected chi connectivity index (χ0v) is 39.2. The molecule has 18 nitrogen and oxygen atoms in total. The lowest BCUT2D eigenvalue weighted by molar-refractivity contribution is -0.125. The summed E-state index contributed by atoms with van der Waals surface area (Å²) < 4.78 is 26.7. The number of nitrogen functional groups attached to an aromatic ring is 1. The number of rotatable bonds is 14. The number of aromatic nitrogens is 4. The van der Waals surface area contributed by atoms with Crippen molar-refractivity contribution in [2.45, 2.75) is 57.1 Å². The third-order valence-electron chi connectivity index (χ3n) is 13.9. The number of amides is 5. The van der Waals surface area contributed by atoms with Gasteiger partial charge in [-0.25, -0.2) is 23.9 Å². The quantitative estimate of drug-likeness (QED) is 0.110. The number of likely N-dealkylation sites (tertiary alicyclic amines) is 3. The van der Waals surface area contributed by atoms with Crippen LogP contribution in [0.1, 0.15) is 83.5 Å². The van der Waals surface area contributed by atoms with Crippen molar-refractivity contribution in [2.75, 3.05) is 82.0 Å². The number of nitrogens with one attached hydrogen (secondary N) is 2. The van der Waals surface area contributed by atoms with Gasteiger partial charge in [0.15, 0.2) is 11.5 Å². The van der Waals surface area contributed by atoms with E-state index >= 15 is 0 Å². The monoisotopic (exact) mass is 955 g/mol. The van der Waals surface area contributed by atoms with Gasteiger partial charge in [0.05, 0.1) is 36.9 Å². The van der Waals surface area contributed by atoms with E-state index < -0.39 is 29.8 Å². The van der Waals surface area contributed by atoms with Crippen molar-refractivity contribution in [3.8, 4) is 17.0 Å². The van der Waals surface area contributed by atoms with Gasteiger partial charge in [-0.15, -0.1) is 0 Å². The highest BCUT2D eigenvalue weighted by Gasteiger charge is 2.32. The van der Waals surface area contributed by atoms with Gasteiger partial charge in [-0.1, -0.05) is 30.3 Å². The Hall–Kier alpha value is -7.25. The van der Waals surface area contributed by atoms with E-state index in [2.05, 4.69) is 35.5 Å². The summed E-state index contributed by atoms with van der Waals surface area (Å²) in [5.41, 5.74) is 8.68. The van der Waals surface area contributed by atoms with Crippen molar-refractivity contribution in [3.05, 3.63) is 114 Å². The fourth-order valence-corrected chi connectivity index (χ4v) is 9.94. The van der Waals surface area contributed by atoms with Crippen LogP contribution in [-0.4, -0.2) is 130 Å². The number of benzene rings is 3. The second kappa shape index (κ2) is 21.6. The Bertz CT molecular complexity index is 2680. The number of piperidine rings is 3. The summed E-state index contributed by atoms with van der Waals surface area (Å²) in [6, 6.07) is 18.6. The maximum absolute atomic E-state index is 13.6. The zero-order chi connectivity index (χ0) is 48.7. The number of imide groups is 1. The number of hydrogen-bond acceptors (Lipinski definition) is 13. The third-order valence-corrected chi connectivity index (χ3v) is 13.9. The Morgan fingerprint density at radius 1 is 0.843 bits per heavy atom. The Labute approximate surface area is 405 Å². The number of methoxy groups -OCH3 is 1. The second-order valence-electron chi connectivity index (χ2n) is 18.5. The van der Waals surface area contributed by atoms with Crippen LogP contribution >= 0.6 is 0 Å². The van der Waals surface area contributed by atoms with Crippen molar-refractivity contribution in [3.63, 3.8) is 0 Å². The molecular formula is C51H58FN11O7. The lowest BCUT2D eigenvalue weighted by Crippen LogP contribution is -2.49. The summed E-state index contributed by atoms with van der Waals surface area (Å²) in [4.78, 5) is 82.2. The molecule has 0 saturated carbocycles. The first kappa shape index (κ1) is 47.8. The molecule has 4 aliphatic rings. The molecule has 366 valence electrons. The number of urea groups is 1. The topological polar surface area (TPSA) is 210 Å². The van der Waals surface area contributed by atoms with E-state index in [1.54, 1.807) is 54.7 Å². The number of hydrogen-bond donors (Lipinski definition) is 3. The molecule has 1 atom stereocenters. The molecule has 4 aliphatic heterocycles. The minimum absolute atomic E-state index is 0.0661. The highest BCUT2D eigenvalue weighted by molar-refractivity contribution is 6.07. The molecule has 0 unspecified atom stereocenters. The van der Waals surface area contributed by atoms with Crippen LogP contribution in [0.25, 0.3) is 11.3 Å². The fourth-order valence-electron chi connectivity index (χ4n) is 9.94. The summed E-state index contributed by atoms with van der Waals surface area (Å²) >= 11 is 0. The number of ether oxygens (including phenoxy) is 2. The van der Waals surface area contributed by atoms with E-state index in [0.717, 1.165) is 77.8 Å². The van der Waals surface area contributed by atoms with Gasteiger partial charge in [0.2, 0.25) is 12.0 Å². The summed E-state index contributed by atoms with van der Waals surface area (Å²) in [5.74, 6) is -0.910. The molecule has 2 aromatic heterocycles. The van der Waals surface area contributed by atoms with Gasteiger partial charge in [0.25, 0.3) is 11.8 Å². The minimum atomic E-state index is -1.36. The molecule has 3 aromatic carbocycles. The number of nitrogens with two attached hydrogens (primary N) is 1. The predicted molar refractivity (Wildman–Crippen MR) is 258 cm³/mol. The Morgan fingerprint density at radius 3 is 2.19 bits per heavy atom. The Kier molecular flexibility index (Phi) is 14.7. The maximum atomic E-state index is 13.6. The molecule has 9 rings (SSSR count). The van der Waals surface area contributed by atoms with Crippen LogP contribution < -0.4 is 26.0 Å². The van der Waals surface area contributed by atoms with Gasteiger partial charge < -0.3 is 35.2 Å². The Balaban J connectivity index is 0.715. The normalized spacial score (nSPS) is 18.3. The number of halogens is 1. The van der Waals surface area contributed by atoms with Crippen LogP contribution in [-0.2, 0) is 14.3 Å². The molecule has 0 radical (unpaired) electrons. The molecular weight excluding hydrogens is 898 g/mol. The van der Waals surface area contributed by atoms with Gasteiger partial charge in [0, 0.05) is 80.8 Å². The summed E-state index contributed by atoms with van der Waals surface area (Å²) in [6.07, 6.45) is 10.0. The van der Waals surface area contributed by atoms with E-state index in [1.807, 2.05) is 15.8 Å². The van der Waals surface area contributed by atoms with Crippen molar-refractivity contribution >= 4 is 46.9 Å². The van der Waals surface area contributed by atoms with Crippen LogP contribution in [0.15, 0.2) is 91.4 Å². The molecule has 19 heteroatoms. The number of esters is 1. The first-order valence-corrected chi connectivity index (χ1v) is 24.0. The molecule has 5 aromatic rings. The number of nitrogens with zero attached hydrogens (tertiary/aromatic N) is 8. The number of anilines is 3. The van der Waals surface area contributed by atoms with Gasteiger partial charge >= 0.3 is 12.0 Å². The molecule has 0 aliphatic carbocycles. The van der Waals surface area contributed by atoms with Crippen molar-refractivity contribution in [1.82, 2.24) is 39.8 Å². The second-order valence-corrected chi connectivity index (χ2v) is 18.5. The van der Waals surface area contributed by atoms with Gasteiger partial charge in [-0.3, -0.25) is 29.3 Å². The molecule has 70 heavy (non-hydrogen) atoms. The average molecular weight is 956 g/mol. The van der Waals surface area contributed by atoms with Crippen LogP contribution in [0.3, 0.4) is 0 Å². The molecule has 0 bridgehead atoms. The lowest BCUT2D eigenvalue weighted by Gasteiger charge is -2.40. The highest BCUT2D eigenvalue weighted by atomic mass is 19.1. The first-order chi connectivity index (χ1) is 34.0. The SMILES string of the molecule is COc1ccc(C(=O)N2CCC(CN3CCC(CN4CCC(n5cc(-c6cnc(N)c(C(=O)O[C@@H](C(=O)Nc7ccc(F)cc7)c7ccccc7)n6)cn5)CC4)CC3)CC2)cc1N1CCC(=O)NC1=O. The molecule has 0 spiro atoms. The van der Waals surface area contributed by atoms with Crippen LogP contribution in [0.4, 0.5) is 26.4 Å². The van der Waals surface area contributed by atoms with E-state index in [9.17, 15) is 28.4 Å². The van der Waals surface area contributed by atoms with Gasteiger partial charge in [-0.2, -0.15) is 5.10 Å². The van der Waals surface area contributed by atoms with Crippen LogP contribution in [0, 0.1) is 17.7 Å². The summed E-state index contributed by atoms with van der Waals surface area (Å²) in [7, 11) is 1.52. The van der Waals surface area contributed by atoms with Crippen LogP contribution in [0.2, 0.25) is 0 Å². The highest BCUT2D eigenvalue weighted by Crippen LogP contribution is 2.33. The van der Waals surface area contributed by atoms with Crippen molar-refractivity contribution < 1.29 is 37.8 Å². The van der Waals surface area contributed by atoms with Gasteiger partial charge in [-0.05, 0) is 106 Å². The first-order valence-electron chi connectivity index (χ1n) is 24.0.